The summed E-state index contributed by atoms with van der Waals surface area (Å²) >= 11 is 5.95. The number of fused-ring (bicyclic) bond motifs is 1. The lowest BCUT2D eigenvalue weighted by Gasteiger charge is -2.21. The fourth-order valence-electron chi connectivity index (χ4n) is 3.28. The Morgan fingerprint density at radius 2 is 1.86 bits per heavy atom. The first-order valence-electron chi connectivity index (χ1n) is 9.24. The van der Waals surface area contributed by atoms with Gasteiger partial charge in [-0.3, -0.25) is 4.79 Å². The van der Waals surface area contributed by atoms with Crippen molar-refractivity contribution in [2.45, 2.75) is 51.3 Å². The van der Waals surface area contributed by atoms with E-state index in [0.29, 0.717) is 12.2 Å². The second-order valence-electron chi connectivity index (χ2n) is 6.83. The molecule has 7 heteroatoms. The molecule has 3 nitrogen and oxygen atoms in total. The Hall–Kier alpha value is -2.21. The van der Waals surface area contributed by atoms with Crippen LogP contribution < -0.4 is 10.1 Å². The number of hydrogen-bond donors (Lipinski definition) is 1. The van der Waals surface area contributed by atoms with Crippen LogP contribution in [0.25, 0.3) is 0 Å². The van der Waals surface area contributed by atoms with Gasteiger partial charge in [-0.25, -0.2) is 0 Å². The lowest BCUT2D eigenvalue weighted by molar-refractivity contribution is -0.137. The zero-order valence-electron chi connectivity index (χ0n) is 15.4. The third kappa shape index (κ3) is 4.79. The Labute approximate surface area is 166 Å². The number of carbonyl (C=O) groups excluding carboxylic acids is 1. The topological polar surface area (TPSA) is 38.3 Å². The van der Waals surface area contributed by atoms with Crippen molar-refractivity contribution in [1.29, 1.82) is 0 Å². The molecular weight excluding hydrogens is 391 g/mol. The molecule has 1 amide bonds. The van der Waals surface area contributed by atoms with Gasteiger partial charge in [0.2, 0.25) is 0 Å². The molecule has 1 N–H and O–H groups in total. The third-order valence-corrected chi connectivity index (χ3v) is 5.14. The van der Waals surface area contributed by atoms with E-state index in [4.69, 9.17) is 16.3 Å². The number of amides is 1. The molecule has 1 unspecified atom stereocenters. The van der Waals surface area contributed by atoms with Crippen LogP contribution in [-0.2, 0) is 23.8 Å². The molecule has 1 atom stereocenters. The van der Waals surface area contributed by atoms with Crippen LogP contribution in [0.4, 0.5) is 18.9 Å². The largest absolute Gasteiger partial charge is 0.481 e. The van der Waals surface area contributed by atoms with Gasteiger partial charge in [0.1, 0.15) is 5.75 Å². The standard InChI is InChI=1S/C21H21ClF3NO2/c1-2-19(28-16-9-7-13-5-3-4-6-14(13)11-16)20(27)26-18-12-15(21(23,24)25)8-10-17(18)22/h7-12,19H,2-6H2,1H3,(H,26,27). The van der Waals surface area contributed by atoms with Crippen molar-refractivity contribution >= 4 is 23.2 Å². The number of anilines is 1. The van der Waals surface area contributed by atoms with Crippen molar-refractivity contribution in [3.63, 3.8) is 0 Å². The van der Waals surface area contributed by atoms with Crippen molar-refractivity contribution in [3.05, 3.63) is 58.1 Å². The summed E-state index contributed by atoms with van der Waals surface area (Å²) in [4.78, 5) is 12.6. The molecule has 3 rings (SSSR count). The molecule has 0 spiro atoms. The van der Waals surface area contributed by atoms with Gasteiger partial charge in [0.15, 0.2) is 6.10 Å². The van der Waals surface area contributed by atoms with Crippen LogP contribution in [0.15, 0.2) is 36.4 Å². The average molecular weight is 412 g/mol. The number of rotatable bonds is 5. The SMILES string of the molecule is CCC(Oc1ccc2c(c1)CCCC2)C(=O)Nc1cc(C(F)(F)F)ccc1Cl. The van der Waals surface area contributed by atoms with E-state index in [2.05, 4.69) is 5.32 Å². The van der Waals surface area contributed by atoms with Gasteiger partial charge in [0.25, 0.3) is 5.91 Å². The van der Waals surface area contributed by atoms with Crippen LogP contribution in [-0.4, -0.2) is 12.0 Å². The van der Waals surface area contributed by atoms with Crippen molar-refractivity contribution in [1.82, 2.24) is 0 Å². The number of alkyl halides is 3. The summed E-state index contributed by atoms with van der Waals surface area (Å²) in [5.41, 5.74) is 1.55. The van der Waals surface area contributed by atoms with Crippen LogP contribution in [0.2, 0.25) is 5.02 Å². The molecule has 150 valence electrons. The quantitative estimate of drug-likeness (QED) is 0.652. The van der Waals surface area contributed by atoms with Crippen LogP contribution in [0, 0.1) is 0 Å². The molecule has 0 aliphatic heterocycles. The van der Waals surface area contributed by atoms with E-state index in [0.717, 1.165) is 37.5 Å². The van der Waals surface area contributed by atoms with E-state index in [9.17, 15) is 18.0 Å². The monoisotopic (exact) mass is 411 g/mol. The minimum absolute atomic E-state index is 0.0324. The number of ether oxygens (including phenoxy) is 1. The molecular formula is C21H21ClF3NO2. The number of hydrogen-bond acceptors (Lipinski definition) is 2. The lowest BCUT2D eigenvalue weighted by atomic mass is 9.92. The highest BCUT2D eigenvalue weighted by molar-refractivity contribution is 6.33. The van der Waals surface area contributed by atoms with Crippen LogP contribution >= 0.6 is 11.6 Å². The molecule has 1 aliphatic carbocycles. The smallest absolute Gasteiger partial charge is 0.416 e. The van der Waals surface area contributed by atoms with E-state index < -0.39 is 23.8 Å². The number of halogens is 4. The Morgan fingerprint density at radius 3 is 2.54 bits per heavy atom. The summed E-state index contributed by atoms with van der Waals surface area (Å²) in [6, 6.07) is 8.60. The third-order valence-electron chi connectivity index (χ3n) is 4.81. The summed E-state index contributed by atoms with van der Waals surface area (Å²) in [5.74, 6) is 0.0410. The highest BCUT2D eigenvalue weighted by Gasteiger charge is 2.31. The molecule has 2 aromatic carbocycles. The van der Waals surface area contributed by atoms with Gasteiger partial charge >= 0.3 is 6.18 Å². The Kier molecular flexibility index (Phi) is 6.18. The molecule has 0 radical (unpaired) electrons. The van der Waals surface area contributed by atoms with Crippen molar-refractivity contribution < 1.29 is 22.7 Å². The zero-order chi connectivity index (χ0) is 20.3. The van der Waals surface area contributed by atoms with E-state index in [1.807, 2.05) is 18.2 Å². The molecule has 0 saturated carbocycles. The Balaban J connectivity index is 1.74. The molecule has 1 aliphatic rings. The maximum atomic E-state index is 12.9. The van der Waals surface area contributed by atoms with Crippen molar-refractivity contribution in [3.8, 4) is 5.75 Å². The fraction of sp³-hybridized carbons (Fsp3) is 0.381. The predicted octanol–water partition coefficient (Wildman–Crippen LogP) is 6.03. The van der Waals surface area contributed by atoms with Gasteiger partial charge in [-0.05, 0) is 73.6 Å². The molecule has 28 heavy (non-hydrogen) atoms. The normalized spacial score (nSPS) is 14.9. The molecule has 0 aromatic heterocycles. The Bertz CT molecular complexity index is 867. The predicted molar refractivity (Wildman–Crippen MR) is 103 cm³/mol. The first-order valence-corrected chi connectivity index (χ1v) is 9.62. The summed E-state index contributed by atoms with van der Waals surface area (Å²) in [6.45, 7) is 1.77. The van der Waals surface area contributed by atoms with Gasteiger partial charge < -0.3 is 10.1 Å². The number of carbonyl (C=O) groups is 1. The maximum Gasteiger partial charge on any atom is 0.416 e. The number of benzene rings is 2. The van der Waals surface area contributed by atoms with Crippen LogP contribution in [0.1, 0.15) is 42.9 Å². The molecule has 2 aromatic rings. The van der Waals surface area contributed by atoms with Gasteiger partial charge in [-0.15, -0.1) is 0 Å². The van der Waals surface area contributed by atoms with Crippen LogP contribution in [0.5, 0.6) is 5.75 Å². The molecule has 0 saturated heterocycles. The molecule has 0 heterocycles. The highest BCUT2D eigenvalue weighted by Crippen LogP contribution is 2.34. The van der Waals surface area contributed by atoms with E-state index in [1.54, 1.807) is 6.92 Å². The van der Waals surface area contributed by atoms with Gasteiger partial charge in [0.05, 0.1) is 16.3 Å². The zero-order valence-corrected chi connectivity index (χ0v) is 16.2. The average Bonchev–Trinajstić information content (AvgIpc) is 2.66. The van der Waals surface area contributed by atoms with E-state index in [1.165, 1.54) is 17.5 Å². The van der Waals surface area contributed by atoms with Crippen LogP contribution in [0.3, 0.4) is 0 Å². The number of nitrogens with one attached hydrogen (secondary N) is 1. The summed E-state index contributed by atoms with van der Waals surface area (Å²) in [7, 11) is 0. The van der Waals surface area contributed by atoms with Gasteiger partial charge in [0, 0.05) is 0 Å². The summed E-state index contributed by atoms with van der Waals surface area (Å²) in [5, 5.41) is 2.49. The van der Waals surface area contributed by atoms with Crippen molar-refractivity contribution in [2.75, 3.05) is 5.32 Å². The van der Waals surface area contributed by atoms with Crippen molar-refractivity contribution in [2.24, 2.45) is 0 Å². The minimum atomic E-state index is -4.52. The molecule has 0 bridgehead atoms. The highest BCUT2D eigenvalue weighted by atomic mass is 35.5. The number of aryl methyl sites for hydroxylation is 2. The summed E-state index contributed by atoms with van der Waals surface area (Å²) in [6.07, 6.45) is -0.677. The first-order chi connectivity index (χ1) is 13.3. The summed E-state index contributed by atoms with van der Waals surface area (Å²) < 4.78 is 44.5. The van der Waals surface area contributed by atoms with E-state index in [-0.39, 0.29) is 10.7 Å². The minimum Gasteiger partial charge on any atom is -0.481 e. The lowest BCUT2D eigenvalue weighted by Crippen LogP contribution is -2.32. The maximum absolute atomic E-state index is 12.9. The molecule has 0 fully saturated rings. The second kappa shape index (κ2) is 8.43. The Morgan fingerprint density at radius 1 is 1.14 bits per heavy atom. The van der Waals surface area contributed by atoms with E-state index >= 15 is 0 Å². The second-order valence-corrected chi connectivity index (χ2v) is 7.24. The van der Waals surface area contributed by atoms with Gasteiger partial charge in [-0.2, -0.15) is 13.2 Å². The first kappa shape index (κ1) is 20.5. The fourth-order valence-corrected chi connectivity index (χ4v) is 3.45. The van der Waals surface area contributed by atoms with Gasteiger partial charge in [-0.1, -0.05) is 24.6 Å².